The molecule has 2 rings (SSSR count). The molecular formula is C16H19NO4. The van der Waals surface area contributed by atoms with Crippen molar-refractivity contribution in [3.05, 3.63) is 42.0 Å². The number of carbonyl (C=O) groups is 1. The molecule has 21 heavy (non-hydrogen) atoms. The molecule has 0 fully saturated rings. The third-order valence-electron chi connectivity index (χ3n) is 3.28. The number of aromatic hydroxyl groups is 1. The second-order valence-corrected chi connectivity index (χ2v) is 4.74. The number of amides is 1. The highest BCUT2D eigenvalue weighted by atomic mass is 16.5. The first-order chi connectivity index (χ1) is 10.2. The number of fused-ring (bicyclic) bond motifs is 1. The van der Waals surface area contributed by atoms with Crippen LogP contribution < -0.4 is 5.32 Å². The minimum absolute atomic E-state index is 0.0353. The topological polar surface area (TPSA) is 67.8 Å². The van der Waals surface area contributed by atoms with Crippen molar-refractivity contribution in [2.75, 3.05) is 27.4 Å². The van der Waals surface area contributed by atoms with Crippen LogP contribution in [0.3, 0.4) is 0 Å². The van der Waals surface area contributed by atoms with Gasteiger partial charge in [0.15, 0.2) is 0 Å². The van der Waals surface area contributed by atoms with E-state index in [-0.39, 0.29) is 23.3 Å². The molecule has 0 bridgehead atoms. The van der Waals surface area contributed by atoms with Crippen molar-refractivity contribution < 1.29 is 19.4 Å². The number of rotatable bonds is 6. The van der Waals surface area contributed by atoms with Crippen LogP contribution in [0.5, 0.6) is 5.75 Å². The zero-order valence-corrected chi connectivity index (χ0v) is 12.1. The van der Waals surface area contributed by atoms with Crippen LogP contribution in [0.2, 0.25) is 0 Å². The monoisotopic (exact) mass is 289 g/mol. The maximum atomic E-state index is 12.2. The predicted octanol–water partition coefficient (Wildman–Crippen LogP) is 1.94. The molecule has 5 nitrogen and oxygen atoms in total. The summed E-state index contributed by atoms with van der Waals surface area (Å²) in [4.78, 5) is 12.2. The fraction of sp³-hybridized carbons (Fsp3) is 0.312. The van der Waals surface area contributed by atoms with E-state index in [0.29, 0.717) is 13.2 Å². The van der Waals surface area contributed by atoms with Crippen LogP contribution in [-0.2, 0) is 9.47 Å². The maximum Gasteiger partial charge on any atom is 0.255 e. The van der Waals surface area contributed by atoms with E-state index in [2.05, 4.69) is 5.32 Å². The van der Waals surface area contributed by atoms with Gasteiger partial charge in [-0.2, -0.15) is 0 Å². The highest BCUT2D eigenvalue weighted by Gasteiger charge is 2.14. The third-order valence-corrected chi connectivity index (χ3v) is 3.28. The van der Waals surface area contributed by atoms with Gasteiger partial charge in [0, 0.05) is 20.8 Å². The summed E-state index contributed by atoms with van der Waals surface area (Å²) >= 11 is 0. The van der Waals surface area contributed by atoms with Gasteiger partial charge in [-0.25, -0.2) is 0 Å². The number of hydrogen-bond donors (Lipinski definition) is 2. The second-order valence-electron chi connectivity index (χ2n) is 4.74. The Morgan fingerprint density at radius 1 is 1.24 bits per heavy atom. The number of hydrogen-bond acceptors (Lipinski definition) is 4. The summed E-state index contributed by atoms with van der Waals surface area (Å²) in [7, 11) is 3.13. The third kappa shape index (κ3) is 3.71. The Labute approximate surface area is 123 Å². The lowest BCUT2D eigenvalue weighted by Crippen LogP contribution is -2.35. The maximum absolute atomic E-state index is 12.2. The summed E-state index contributed by atoms with van der Waals surface area (Å²) in [6.45, 7) is 0.704. The van der Waals surface area contributed by atoms with Gasteiger partial charge in [-0.1, -0.05) is 24.3 Å². The quantitative estimate of drug-likeness (QED) is 0.852. The molecule has 0 heterocycles. The van der Waals surface area contributed by atoms with E-state index in [1.165, 1.54) is 0 Å². The van der Waals surface area contributed by atoms with E-state index in [9.17, 15) is 9.90 Å². The zero-order chi connectivity index (χ0) is 15.2. The highest BCUT2D eigenvalue weighted by Crippen LogP contribution is 2.24. The molecule has 1 unspecified atom stereocenters. The molecule has 0 aliphatic heterocycles. The van der Waals surface area contributed by atoms with E-state index in [1.54, 1.807) is 26.4 Å². The van der Waals surface area contributed by atoms with E-state index in [1.807, 2.05) is 24.3 Å². The van der Waals surface area contributed by atoms with Gasteiger partial charge in [0.2, 0.25) is 0 Å². The van der Waals surface area contributed by atoms with Gasteiger partial charge in [-0.05, 0) is 22.9 Å². The average molecular weight is 289 g/mol. The molecule has 2 aromatic carbocycles. The lowest BCUT2D eigenvalue weighted by molar-refractivity contribution is 0.0285. The molecule has 0 radical (unpaired) electrons. The number of carbonyl (C=O) groups excluding carboxylic acids is 1. The molecule has 112 valence electrons. The Hall–Kier alpha value is -2.11. The molecule has 2 aromatic rings. The summed E-state index contributed by atoms with van der Waals surface area (Å²) < 4.78 is 10.2. The van der Waals surface area contributed by atoms with Gasteiger partial charge < -0.3 is 19.9 Å². The minimum atomic E-state index is -0.337. The molecular weight excluding hydrogens is 270 g/mol. The molecule has 0 aliphatic rings. The number of ether oxygens (including phenoxy) is 2. The van der Waals surface area contributed by atoms with Gasteiger partial charge in [-0.3, -0.25) is 4.79 Å². The van der Waals surface area contributed by atoms with Crippen LogP contribution >= 0.6 is 0 Å². The van der Waals surface area contributed by atoms with Crippen LogP contribution in [0.4, 0.5) is 0 Å². The Balaban J connectivity index is 2.13. The molecule has 0 aliphatic carbocycles. The lowest BCUT2D eigenvalue weighted by Gasteiger charge is -2.15. The van der Waals surface area contributed by atoms with Gasteiger partial charge in [-0.15, -0.1) is 0 Å². The largest absolute Gasteiger partial charge is 0.507 e. The fourth-order valence-electron chi connectivity index (χ4n) is 2.11. The number of benzene rings is 2. The smallest absolute Gasteiger partial charge is 0.255 e. The van der Waals surface area contributed by atoms with Crippen LogP contribution in [0, 0.1) is 0 Å². The standard InChI is InChI=1S/C16H19NO4/c1-20-10-13(21-2)9-17-16(19)14-7-11-5-3-4-6-12(11)8-15(14)18/h3-8,13,18H,9-10H2,1-2H3,(H,17,19). The predicted molar refractivity (Wildman–Crippen MR) is 80.6 cm³/mol. The second kappa shape index (κ2) is 7.06. The minimum Gasteiger partial charge on any atom is -0.507 e. The number of methoxy groups -OCH3 is 2. The molecule has 0 spiro atoms. The summed E-state index contributed by atoms with van der Waals surface area (Å²) in [6, 6.07) is 10.8. The van der Waals surface area contributed by atoms with Crippen LogP contribution in [0.15, 0.2) is 36.4 Å². The van der Waals surface area contributed by atoms with Crippen LogP contribution in [0.1, 0.15) is 10.4 Å². The first-order valence-corrected chi connectivity index (χ1v) is 6.67. The van der Waals surface area contributed by atoms with Gasteiger partial charge >= 0.3 is 0 Å². The summed E-state index contributed by atoms with van der Waals surface area (Å²) in [5, 5.41) is 14.5. The Morgan fingerprint density at radius 3 is 2.52 bits per heavy atom. The van der Waals surface area contributed by atoms with Crippen molar-refractivity contribution in [2.24, 2.45) is 0 Å². The number of phenols is 1. The first kappa shape index (κ1) is 15.3. The van der Waals surface area contributed by atoms with Gasteiger partial charge in [0.05, 0.1) is 18.3 Å². The molecule has 2 N–H and O–H groups in total. The molecule has 0 saturated heterocycles. The van der Waals surface area contributed by atoms with Crippen molar-refractivity contribution in [3.8, 4) is 5.75 Å². The van der Waals surface area contributed by atoms with Crippen molar-refractivity contribution in [1.29, 1.82) is 0 Å². The number of phenolic OH excluding ortho intramolecular Hbond substituents is 1. The Bertz CT molecular complexity index is 627. The molecule has 0 aromatic heterocycles. The molecule has 1 atom stereocenters. The van der Waals surface area contributed by atoms with E-state index < -0.39 is 0 Å². The SMILES string of the molecule is COCC(CNC(=O)c1cc2ccccc2cc1O)OC. The van der Waals surface area contributed by atoms with Crippen molar-refractivity contribution in [2.45, 2.75) is 6.10 Å². The molecule has 5 heteroatoms. The van der Waals surface area contributed by atoms with Crippen molar-refractivity contribution >= 4 is 16.7 Å². The molecule has 1 amide bonds. The van der Waals surface area contributed by atoms with Crippen LogP contribution in [-0.4, -0.2) is 44.5 Å². The van der Waals surface area contributed by atoms with Crippen molar-refractivity contribution in [1.82, 2.24) is 5.32 Å². The van der Waals surface area contributed by atoms with Crippen molar-refractivity contribution in [3.63, 3.8) is 0 Å². The van der Waals surface area contributed by atoms with E-state index >= 15 is 0 Å². The van der Waals surface area contributed by atoms with Crippen LogP contribution in [0.25, 0.3) is 10.8 Å². The average Bonchev–Trinajstić information content (AvgIpc) is 2.50. The normalized spacial score (nSPS) is 12.3. The number of nitrogens with one attached hydrogen (secondary N) is 1. The highest BCUT2D eigenvalue weighted by molar-refractivity contribution is 6.01. The lowest BCUT2D eigenvalue weighted by atomic mass is 10.1. The first-order valence-electron chi connectivity index (χ1n) is 6.67. The summed E-state index contributed by atoms with van der Waals surface area (Å²) in [5.41, 5.74) is 0.251. The molecule has 0 saturated carbocycles. The van der Waals surface area contributed by atoms with Gasteiger partial charge in [0.1, 0.15) is 5.75 Å². The van der Waals surface area contributed by atoms with E-state index in [0.717, 1.165) is 10.8 Å². The van der Waals surface area contributed by atoms with Gasteiger partial charge in [0.25, 0.3) is 5.91 Å². The Morgan fingerprint density at radius 2 is 1.90 bits per heavy atom. The summed E-state index contributed by atoms with van der Waals surface area (Å²) in [5.74, 6) is -0.372. The van der Waals surface area contributed by atoms with E-state index in [4.69, 9.17) is 9.47 Å². The Kier molecular flexibility index (Phi) is 5.14. The summed E-state index contributed by atoms with van der Waals surface area (Å²) in [6.07, 6.45) is -0.221. The zero-order valence-electron chi connectivity index (χ0n) is 12.1. The fourth-order valence-corrected chi connectivity index (χ4v) is 2.11.